The largest absolute Gasteiger partial charge is 0.469 e. The van der Waals surface area contributed by atoms with Crippen molar-refractivity contribution in [2.45, 2.75) is 56.4 Å². The van der Waals surface area contributed by atoms with Crippen LogP contribution in [-0.4, -0.2) is 73.0 Å². The second-order valence-corrected chi connectivity index (χ2v) is 9.93. The number of piperidine rings is 2. The SMILES string of the molecule is [CH2]C(CCN1CCC(C(=O)NCCC(=O)OC)(N2CCCCC2=O)CC1)c1ccc(Cl)c(Cl)c1. The Morgan fingerprint density at radius 2 is 1.91 bits per heavy atom. The van der Waals surface area contributed by atoms with Crippen LogP contribution in [0.15, 0.2) is 18.2 Å². The van der Waals surface area contributed by atoms with Gasteiger partial charge in [0.25, 0.3) is 0 Å². The van der Waals surface area contributed by atoms with Gasteiger partial charge in [-0.05, 0) is 69.2 Å². The molecule has 1 atom stereocenters. The van der Waals surface area contributed by atoms with Crippen LogP contribution in [0.4, 0.5) is 0 Å². The average molecular weight is 511 g/mol. The molecule has 9 heteroatoms. The Kier molecular flexibility index (Phi) is 9.63. The fraction of sp³-hybridized carbons (Fsp3) is 0.600. The predicted octanol–water partition coefficient (Wildman–Crippen LogP) is 3.83. The van der Waals surface area contributed by atoms with E-state index in [4.69, 9.17) is 23.2 Å². The lowest BCUT2D eigenvalue weighted by Crippen LogP contribution is -2.65. The molecule has 2 heterocycles. The van der Waals surface area contributed by atoms with Gasteiger partial charge in [-0.2, -0.15) is 0 Å². The minimum Gasteiger partial charge on any atom is -0.469 e. The fourth-order valence-corrected chi connectivity index (χ4v) is 5.15. The van der Waals surface area contributed by atoms with Crippen molar-refractivity contribution in [2.75, 3.05) is 39.8 Å². The van der Waals surface area contributed by atoms with Gasteiger partial charge in [0.2, 0.25) is 11.8 Å². The Hall–Kier alpha value is -1.83. The summed E-state index contributed by atoms with van der Waals surface area (Å²) >= 11 is 12.2. The van der Waals surface area contributed by atoms with Crippen molar-refractivity contribution >= 4 is 41.0 Å². The number of hydrogen-bond acceptors (Lipinski definition) is 5. The number of likely N-dealkylation sites (tertiary alicyclic amines) is 2. The van der Waals surface area contributed by atoms with Crippen molar-refractivity contribution in [3.05, 3.63) is 40.7 Å². The summed E-state index contributed by atoms with van der Waals surface area (Å²) in [4.78, 5) is 41.7. The third kappa shape index (κ3) is 6.43. The van der Waals surface area contributed by atoms with Gasteiger partial charge >= 0.3 is 5.97 Å². The first-order valence-corrected chi connectivity index (χ1v) is 12.7. The van der Waals surface area contributed by atoms with Crippen LogP contribution in [0.5, 0.6) is 0 Å². The van der Waals surface area contributed by atoms with Gasteiger partial charge in [0.15, 0.2) is 0 Å². The number of benzene rings is 1. The van der Waals surface area contributed by atoms with Crippen LogP contribution in [0.25, 0.3) is 0 Å². The molecule has 1 aromatic rings. The first-order valence-electron chi connectivity index (χ1n) is 11.9. The Morgan fingerprint density at radius 3 is 2.56 bits per heavy atom. The minimum atomic E-state index is -0.863. The van der Waals surface area contributed by atoms with E-state index >= 15 is 0 Å². The van der Waals surface area contributed by atoms with E-state index in [0.29, 0.717) is 48.9 Å². The molecule has 7 nitrogen and oxygen atoms in total. The van der Waals surface area contributed by atoms with Crippen molar-refractivity contribution in [2.24, 2.45) is 0 Å². The topological polar surface area (TPSA) is 79.0 Å². The van der Waals surface area contributed by atoms with Crippen LogP contribution >= 0.6 is 23.2 Å². The summed E-state index contributed by atoms with van der Waals surface area (Å²) in [5.74, 6) is -0.424. The molecule has 187 valence electrons. The molecule has 3 rings (SSSR count). The van der Waals surface area contributed by atoms with Crippen molar-refractivity contribution in [3.8, 4) is 0 Å². The van der Waals surface area contributed by atoms with E-state index in [1.165, 1.54) is 7.11 Å². The second-order valence-electron chi connectivity index (χ2n) is 9.12. The normalized spacial score (nSPS) is 19.5. The monoisotopic (exact) mass is 510 g/mol. The summed E-state index contributed by atoms with van der Waals surface area (Å²) in [6.07, 6.45) is 4.33. The zero-order valence-electron chi connectivity index (χ0n) is 19.8. The smallest absolute Gasteiger partial charge is 0.307 e. The molecule has 2 aliphatic heterocycles. The molecule has 0 spiro atoms. The number of hydrogen-bond donors (Lipinski definition) is 1. The van der Waals surface area contributed by atoms with Gasteiger partial charge in [0.1, 0.15) is 5.54 Å². The molecule has 2 aliphatic rings. The number of nitrogens with zero attached hydrogens (tertiary/aromatic N) is 2. The van der Waals surface area contributed by atoms with Gasteiger partial charge in [-0.25, -0.2) is 0 Å². The second kappa shape index (κ2) is 12.2. The first kappa shape index (κ1) is 26.8. The summed E-state index contributed by atoms with van der Waals surface area (Å²) in [6, 6.07) is 5.61. The van der Waals surface area contributed by atoms with Crippen molar-refractivity contribution < 1.29 is 19.1 Å². The molecule has 1 radical (unpaired) electrons. The number of halogens is 2. The van der Waals surface area contributed by atoms with Gasteiger partial charge in [0.05, 0.1) is 23.6 Å². The lowest BCUT2D eigenvalue weighted by Gasteiger charge is -2.48. The van der Waals surface area contributed by atoms with Gasteiger partial charge < -0.3 is 19.9 Å². The average Bonchev–Trinajstić information content (AvgIpc) is 2.84. The minimum absolute atomic E-state index is 0.0419. The van der Waals surface area contributed by atoms with E-state index in [9.17, 15) is 14.4 Å². The highest BCUT2D eigenvalue weighted by Gasteiger charge is 2.48. The summed E-state index contributed by atoms with van der Waals surface area (Å²) in [6.45, 7) is 7.33. The van der Waals surface area contributed by atoms with Crippen molar-refractivity contribution in [1.29, 1.82) is 0 Å². The molecule has 0 bridgehead atoms. The van der Waals surface area contributed by atoms with E-state index < -0.39 is 5.54 Å². The maximum atomic E-state index is 13.3. The maximum absolute atomic E-state index is 13.3. The fourth-order valence-electron chi connectivity index (χ4n) is 4.84. The molecule has 1 N–H and O–H groups in total. The van der Waals surface area contributed by atoms with Crippen molar-refractivity contribution in [1.82, 2.24) is 15.1 Å². The maximum Gasteiger partial charge on any atom is 0.307 e. The van der Waals surface area contributed by atoms with Crippen LogP contribution < -0.4 is 5.32 Å². The molecule has 0 aliphatic carbocycles. The summed E-state index contributed by atoms with van der Waals surface area (Å²) < 4.78 is 4.66. The number of carbonyl (C=O) groups is 3. The number of esters is 1. The summed E-state index contributed by atoms with van der Waals surface area (Å²) in [5, 5.41) is 3.94. The molecule has 2 saturated heterocycles. The number of nitrogens with one attached hydrogen (secondary N) is 1. The number of rotatable bonds is 9. The van der Waals surface area contributed by atoms with Crippen LogP contribution in [0.1, 0.15) is 56.4 Å². The molecule has 2 fully saturated rings. The molecule has 34 heavy (non-hydrogen) atoms. The van der Waals surface area contributed by atoms with E-state index in [-0.39, 0.29) is 36.7 Å². The molecular weight excluding hydrogens is 477 g/mol. The Balaban J connectivity index is 1.61. The zero-order chi connectivity index (χ0) is 24.7. The molecule has 2 amide bonds. The molecule has 0 aromatic heterocycles. The molecule has 1 unspecified atom stereocenters. The number of methoxy groups -OCH3 is 1. The van der Waals surface area contributed by atoms with Gasteiger partial charge in [-0.15, -0.1) is 0 Å². The lowest BCUT2D eigenvalue weighted by molar-refractivity contribution is -0.154. The predicted molar refractivity (Wildman–Crippen MR) is 133 cm³/mol. The number of amides is 2. The van der Waals surface area contributed by atoms with Crippen LogP contribution in [0.3, 0.4) is 0 Å². The number of carbonyl (C=O) groups excluding carboxylic acids is 3. The summed E-state index contributed by atoms with van der Waals surface area (Å²) in [7, 11) is 1.33. The Labute approximate surface area is 212 Å². The highest BCUT2D eigenvalue weighted by Crippen LogP contribution is 2.34. The third-order valence-corrected chi connectivity index (χ3v) is 7.74. The first-order chi connectivity index (χ1) is 16.3. The van der Waals surface area contributed by atoms with Gasteiger partial charge in [-0.3, -0.25) is 14.4 Å². The highest BCUT2D eigenvalue weighted by molar-refractivity contribution is 6.42. The molecule has 0 saturated carbocycles. The summed E-state index contributed by atoms with van der Waals surface area (Å²) in [5.41, 5.74) is 0.183. The van der Waals surface area contributed by atoms with Gasteiger partial charge in [-0.1, -0.05) is 29.3 Å². The van der Waals surface area contributed by atoms with Gasteiger partial charge in [0, 0.05) is 32.6 Å². The van der Waals surface area contributed by atoms with E-state index in [2.05, 4.69) is 21.9 Å². The van der Waals surface area contributed by atoms with E-state index in [1.54, 1.807) is 11.0 Å². The van der Waals surface area contributed by atoms with Crippen LogP contribution in [0, 0.1) is 6.92 Å². The Bertz CT molecular complexity index is 887. The lowest BCUT2D eigenvalue weighted by atomic mass is 9.82. The Morgan fingerprint density at radius 1 is 1.18 bits per heavy atom. The third-order valence-electron chi connectivity index (χ3n) is 7.00. The highest BCUT2D eigenvalue weighted by atomic mass is 35.5. The molecular formula is C25H34Cl2N3O4. The van der Waals surface area contributed by atoms with Crippen molar-refractivity contribution in [3.63, 3.8) is 0 Å². The van der Waals surface area contributed by atoms with E-state index in [0.717, 1.165) is 31.4 Å². The number of ether oxygens (including phenoxy) is 1. The standard InChI is InChI=1S/C25H34Cl2N3O4/c1-18(19-6-7-20(26)21(27)17-19)9-14-29-15-10-25(11-16-29,30-13-4-3-5-22(30)31)24(33)28-12-8-23(32)34-2/h6-7,17-18H,1,3-5,8-16H2,2H3,(H,28,33). The molecule has 1 aromatic carbocycles. The van der Waals surface area contributed by atoms with Crippen LogP contribution in [0.2, 0.25) is 10.0 Å². The zero-order valence-corrected chi connectivity index (χ0v) is 21.3. The van der Waals surface area contributed by atoms with E-state index in [1.807, 2.05) is 12.1 Å². The quantitative estimate of drug-likeness (QED) is 0.510. The van der Waals surface area contributed by atoms with Crippen LogP contribution in [-0.2, 0) is 19.1 Å².